The normalized spacial score (nSPS) is 10.7. The highest BCUT2D eigenvalue weighted by Gasteiger charge is 2.03. The molecule has 0 aliphatic rings. The fraction of sp³-hybridized carbons (Fsp3) is 0.0625. The van der Waals surface area contributed by atoms with Gasteiger partial charge in [0.05, 0.1) is 5.69 Å². The fourth-order valence-electron chi connectivity index (χ4n) is 1.96. The third-order valence-electron chi connectivity index (χ3n) is 3.08. The molecule has 1 aromatic heterocycles. The Morgan fingerprint density at radius 3 is 2.67 bits per heavy atom. The Kier molecular flexibility index (Phi) is 4.31. The Morgan fingerprint density at radius 1 is 1.14 bits per heavy atom. The highest BCUT2D eigenvalue weighted by molar-refractivity contribution is 9.10. The van der Waals surface area contributed by atoms with E-state index in [1.807, 2.05) is 29.1 Å². The van der Waals surface area contributed by atoms with Crippen LogP contribution in [0, 0.1) is 0 Å². The molecule has 0 aliphatic carbocycles. The standard InChI is InChI=1S/C16H14BrN3S/c17-13-4-7-15(18)16(10-13)21-11-12-2-5-14(6-3-12)20-9-1-8-19-20/h1-10H,11,18H2. The van der Waals surface area contributed by atoms with Crippen LogP contribution in [0.5, 0.6) is 0 Å². The Bertz CT molecular complexity index is 724. The molecule has 0 unspecified atom stereocenters. The summed E-state index contributed by atoms with van der Waals surface area (Å²) in [7, 11) is 0. The minimum Gasteiger partial charge on any atom is -0.398 e. The molecule has 0 radical (unpaired) electrons. The van der Waals surface area contributed by atoms with Gasteiger partial charge in [0.1, 0.15) is 0 Å². The number of nitrogen functional groups attached to an aromatic ring is 1. The molecular weight excluding hydrogens is 346 g/mol. The number of rotatable bonds is 4. The summed E-state index contributed by atoms with van der Waals surface area (Å²) in [5, 5.41) is 4.22. The largest absolute Gasteiger partial charge is 0.398 e. The van der Waals surface area contributed by atoms with Gasteiger partial charge in [0, 0.05) is 33.2 Å². The van der Waals surface area contributed by atoms with Gasteiger partial charge in [-0.05, 0) is 42.0 Å². The van der Waals surface area contributed by atoms with Crippen LogP contribution in [-0.2, 0) is 5.75 Å². The maximum atomic E-state index is 5.99. The van der Waals surface area contributed by atoms with Crippen LogP contribution in [0.2, 0.25) is 0 Å². The van der Waals surface area contributed by atoms with Crippen molar-refractivity contribution in [1.82, 2.24) is 9.78 Å². The van der Waals surface area contributed by atoms with E-state index in [0.717, 1.165) is 26.5 Å². The number of hydrogen-bond acceptors (Lipinski definition) is 3. The maximum absolute atomic E-state index is 5.99. The molecule has 0 saturated carbocycles. The predicted molar refractivity (Wildman–Crippen MR) is 91.7 cm³/mol. The summed E-state index contributed by atoms with van der Waals surface area (Å²) in [5.41, 5.74) is 9.13. The number of nitrogens with zero attached hydrogens (tertiary/aromatic N) is 2. The van der Waals surface area contributed by atoms with Crippen molar-refractivity contribution in [1.29, 1.82) is 0 Å². The minimum absolute atomic E-state index is 0.816. The van der Waals surface area contributed by atoms with E-state index in [4.69, 9.17) is 5.73 Å². The van der Waals surface area contributed by atoms with Gasteiger partial charge < -0.3 is 5.73 Å². The van der Waals surface area contributed by atoms with Crippen molar-refractivity contribution < 1.29 is 0 Å². The molecule has 0 amide bonds. The van der Waals surface area contributed by atoms with E-state index in [-0.39, 0.29) is 0 Å². The van der Waals surface area contributed by atoms with Gasteiger partial charge in [0.15, 0.2) is 0 Å². The fourth-order valence-corrected chi connectivity index (χ4v) is 3.43. The Hall–Kier alpha value is -1.72. The van der Waals surface area contributed by atoms with E-state index in [9.17, 15) is 0 Å². The van der Waals surface area contributed by atoms with Gasteiger partial charge in [-0.15, -0.1) is 11.8 Å². The first-order chi connectivity index (χ1) is 10.2. The van der Waals surface area contributed by atoms with Crippen LogP contribution in [0.15, 0.2) is 70.3 Å². The molecule has 106 valence electrons. The zero-order valence-corrected chi connectivity index (χ0v) is 13.6. The summed E-state index contributed by atoms with van der Waals surface area (Å²) in [6.07, 6.45) is 3.71. The molecule has 0 fully saturated rings. The second kappa shape index (κ2) is 6.37. The topological polar surface area (TPSA) is 43.8 Å². The number of benzene rings is 2. The molecule has 3 rings (SSSR count). The van der Waals surface area contributed by atoms with E-state index in [0.29, 0.717) is 0 Å². The van der Waals surface area contributed by atoms with Crippen LogP contribution in [0.25, 0.3) is 5.69 Å². The van der Waals surface area contributed by atoms with Crippen LogP contribution in [0.3, 0.4) is 0 Å². The molecule has 2 N–H and O–H groups in total. The summed E-state index contributed by atoms with van der Waals surface area (Å²) >= 11 is 5.22. The molecule has 5 heteroatoms. The number of anilines is 1. The average Bonchev–Trinajstić information content (AvgIpc) is 3.03. The third kappa shape index (κ3) is 3.49. The number of nitrogens with two attached hydrogens (primary N) is 1. The van der Waals surface area contributed by atoms with E-state index in [2.05, 4.69) is 51.4 Å². The number of aromatic nitrogens is 2. The van der Waals surface area contributed by atoms with Crippen LogP contribution in [0.4, 0.5) is 5.69 Å². The van der Waals surface area contributed by atoms with Crippen molar-refractivity contribution in [2.45, 2.75) is 10.6 Å². The monoisotopic (exact) mass is 359 g/mol. The van der Waals surface area contributed by atoms with Crippen molar-refractivity contribution in [2.75, 3.05) is 5.73 Å². The molecular formula is C16H14BrN3S. The summed E-state index contributed by atoms with van der Waals surface area (Å²) < 4.78 is 2.90. The molecule has 0 bridgehead atoms. The first kappa shape index (κ1) is 14.2. The smallest absolute Gasteiger partial charge is 0.0645 e. The lowest BCUT2D eigenvalue weighted by Crippen LogP contribution is -1.94. The molecule has 21 heavy (non-hydrogen) atoms. The van der Waals surface area contributed by atoms with E-state index in [1.165, 1.54) is 5.56 Å². The van der Waals surface area contributed by atoms with Gasteiger partial charge in [-0.3, -0.25) is 0 Å². The van der Waals surface area contributed by atoms with Crippen LogP contribution >= 0.6 is 27.7 Å². The molecule has 1 heterocycles. The summed E-state index contributed by atoms with van der Waals surface area (Å²) in [5.74, 6) is 0.889. The van der Waals surface area contributed by atoms with Crippen molar-refractivity contribution in [3.8, 4) is 5.69 Å². The van der Waals surface area contributed by atoms with Gasteiger partial charge in [-0.25, -0.2) is 4.68 Å². The Labute approximate surface area is 136 Å². The van der Waals surface area contributed by atoms with Crippen molar-refractivity contribution in [3.63, 3.8) is 0 Å². The van der Waals surface area contributed by atoms with Crippen LogP contribution in [0.1, 0.15) is 5.56 Å². The second-order valence-electron chi connectivity index (χ2n) is 4.59. The second-order valence-corrected chi connectivity index (χ2v) is 6.52. The van der Waals surface area contributed by atoms with Crippen molar-refractivity contribution >= 4 is 33.4 Å². The summed E-state index contributed by atoms with van der Waals surface area (Å²) in [6, 6.07) is 16.3. The highest BCUT2D eigenvalue weighted by atomic mass is 79.9. The first-order valence-corrected chi connectivity index (χ1v) is 8.27. The zero-order chi connectivity index (χ0) is 14.7. The summed E-state index contributed by atoms with van der Waals surface area (Å²) in [6.45, 7) is 0. The van der Waals surface area contributed by atoms with Crippen LogP contribution in [-0.4, -0.2) is 9.78 Å². The lowest BCUT2D eigenvalue weighted by Gasteiger charge is -2.07. The number of hydrogen-bond donors (Lipinski definition) is 1. The molecule has 0 atom stereocenters. The highest BCUT2D eigenvalue weighted by Crippen LogP contribution is 2.30. The minimum atomic E-state index is 0.816. The van der Waals surface area contributed by atoms with Gasteiger partial charge in [-0.1, -0.05) is 28.1 Å². The Balaban J connectivity index is 1.70. The maximum Gasteiger partial charge on any atom is 0.0645 e. The lowest BCUT2D eigenvalue weighted by molar-refractivity contribution is 0.880. The first-order valence-electron chi connectivity index (χ1n) is 6.49. The molecule has 3 aromatic rings. The number of thioether (sulfide) groups is 1. The third-order valence-corrected chi connectivity index (χ3v) is 4.71. The quantitative estimate of drug-likeness (QED) is 0.550. The van der Waals surface area contributed by atoms with Gasteiger partial charge in [-0.2, -0.15) is 5.10 Å². The lowest BCUT2D eigenvalue weighted by atomic mass is 10.2. The molecule has 0 spiro atoms. The van der Waals surface area contributed by atoms with Gasteiger partial charge >= 0.3 is 0 Å². The molecule has 2 aromatic carbocycles. The zero-order valence-electron chi connectivity index (χ0n) is 11.2. The molecule has 0 saturated heterocycles. The predicted octanol–water partition coefficient (Wildman–Crippen LogP) is 4.51. The van der Waals surface area contributed by atoms with Gasteiger partial charge in [0.2, 0.25) is 0 Å². The molecule has 0 aliphatic heterocycles. The van der Waals surface area contributed by atoms with E-state index in [1.54, 1.807) is 18.0 Å². The van der Waals surface area contributed by atoms with Crippen LogP contribution < -0.4 is 5.73 Å². The van der Waals surface area contributed by atoms with E-state index < -0.39 is 0 Å². The van der Waals surface area contributed by atoms with Crippen molar-refractivity contribution in [2.24, 2.45) is 0 Å². The SMILES string of the molecule is Nc1ccc(Br)cc1SCc1ccc(-n2cccn2)cc1. The Morgan fingerprint density at radius 2 is 1.95 bits per heavy atom. The van der Waals surface area contributed by atoms with Crippen molar-refractivity contribution in [3.05, 3.63) is 71.0 Å². The summed E-state index contributed by atoms with van der Waals surface area (Å²) in [4.78, 5) is 1.10. The number of halogens is 1. The van der Waals surface area contributed by atoms with Gasteiger partial charge in [0.25, 0.3) is 0 Å². The average molecular weight is 360 g/mol. The molecule has 3 nitrogen and oxygen atoms in total. The van der Waals surface area contributed by atoms with E-state index >= 15 is 0 Å².